The maximum absolute atomic E-state index is 12.4. The third kappa shape index (κ3) is 4.59. The summed E-state index contributed by atoms with van der Waals surface area (Å²) in [5, 5.41) is 1.93. The van der Waals surface area contributed by atoms with E-state index in [4.69, 9.17) is 4.74 Å². The van der Waals surface area contributed by atoms with Gasteiger partial charge in [0.1, 0.15) is 5.75 Å². The molecule has 0 aliphatic heterocycles. The highest BCUT2D eigenvalue weighted by Gasteiger charge is 2.13. The number of sulfonamides is 1. The fourth-order valence-electron chi connectivity index (χ4n) is 2.59. The van der Waals surface area contributed by atoms with Crippen molar-refractivity contribution >= 4 is 20.8 Å². The monoisotopic (exact) mass is 355 g/mol. The smallest absolute Gasteiger partial charge is 0.240 e. The first kappa shape index (κ1) is 17.5. The molecular formula is C20H21NO3S. The second-order valence-corrected chi connectivity index (χ2v) is 7.69. The van der Waals surface area contributed by atoms with Gasteiger partial charge in [-0.25, -0.2) is 13.1 Å². The number of rotatable bonds is 7. The first-order chi connectivity index (χ1) is 12.0. The standard InChI is InChI=1S/C20H21NO3S/c1-16-6-4-9-19(14-16)24-13-5-12-21-25(22,23)20-11-10-17-7-2-3-8-18(17)15-20/h2-4,6-11,14-15,21H,5,12-13H2,1H3. The van der Waals surface area contributed by atoms with Gasteiger partial charge in [0.2, 0.25) is 10.0 Å². The van der Waals surface area contributed by atoms with Gasteiger partial charge < -0.3 is 4.74 Å². The highest BCUT2D eigenvalue weighted by Crippen LogP contribution is 2.18. The topological polar surface area (TPSA) is 55.4 Å². The number of nitrogens with one attached hydrogen (secondary N) is 1. The Morgan fingerprint density at radius 3 is 2.52 bits per heavy atom. The van der Waals surface area contributed by atoms with Crippen LogP contribution in [-0.4, -0.2) is 21.6 Å². The van der Waals surface area contributed by atoms with Crippen LogP contribution >= 0.6 is 0 Å². The first-order valence-corrected chi connectivity index (χ1v) is 9.71. The number of aryl methyl sites for hydroxylation is 1. The van der Waals surface area contributed by atoms with E-state index in [0.717, 1.165) is 22.1 Å². The quantitative estimate of drug-likeness (QED) is 0.654. The number of hydrogen-bond acceptors (Lipinski definition) is 3. The van der Waals surface area contributed by atoms with Crippen molar-refractivity contribution in [2.24, 2.45) is 0 Å². The molecule has 3 rings (SSSR count). The van der Waals surface area contributed by atoms with Crippen molar-refractivity contribution in [1.29, 1.82) is 0 Å². The maximum Gasteiger partial charge on any atom is 0.240 e. The molecule has 0 heterocycles. The Labute approximate surface area is 148 Å². The molecule has 0 aliphatic carbocycles. The van der Waals surface area contributed by atoms with Gasteiger partial charge in [-0.1, -0.05) is 42.5 Å². The fourth-order valence-corrected chi connectivity index (χ4v) is 3.70. The van der Waals surface area contributed by atoms with Crippen LogP contribution < -0.4 is 9.46 Å². The summed E-state index contributed by atoms with van der Waals surface area (Å²) in [4.78, 5) is 0.283. The van der Waals surface area contributed by atoms with Crippen molar-refractivity contribution in [3.05, 3.63) is 72.3 Å². The van der Waals surface area contributed by atoms with Crippen molar-refractivity contribution in [1.82, 2.24) is 4.72 Å². The summed E-state index contributed by atoms with van der Waals surface area (Å²) in [6, 6.07) is 20.6. The molecule has 0 spiro atoms. The summed E-state index contributed by atoms with van der Waals surface area (Å²) in [6.45, 7) is 2.80. The van der Waals surface area contributed by atoms with E-state index >= 15 is 0 Å². The number of fused-ring (bicyclic) bond motifs is 1. The zero-order valence-electron chi connectivity index (χ0n) is 14.1. The average molecular weight is 355 g/mol. The molecule has 0 radical (unpaired) electrons. The Balaban J connectivity index is 1.54. The third-order valence-corrected chi connectivity index (χ3v) is 5.36. The second-order valence-electron chi connectivity index (χ2n) is 5.93. The molecular weight excluding hydrogens is 334 g/mol. The highest BCUT2D eigenvalue weighted by molar-refractivity contribution is 7.89. The van der Waals surface area contributed by atoms with Crippen LogP contribution in [-0.2, 0) is 10.0 Å². The van der Waals surface area contributed by atoms with Gasteiger partial charge in [0.15, 0.2) is 0 Å². The van der Waals surface area contributed by atoms with Crippen LogP contribution in [0.25, 0.3) is 10.8 Å². The van der Waals surface area contributed by atoms with Crippen LogP contribution in [0.5, 0.6) is 5.75 Å². The van der Waals surface area contributed by atoms with Crippen molar-refractivity contribution in [2.45, 2.75) is 18.2 Å². The van der Waals surface area contributed by atoms with E-state index in [-0.39, 0.29) is 4.90 Å². The minimum atomic E-state index is -3.51. The Hall–Kier alpha value is -2.37. The van der Waals surface area contributed by atoms with Crippen molar-refractivity contribution in [3.8, 4) is 5.75 Å². The number of benzene rings is 3. The molecule has 130 valence electrons. The Morgan fingerprint density at radius 1 is 0.920 bits per heavy atom. The largest absolute Gasteiger partial charge is 0.494 e. The lowest BCUT2D eigenvalue weighted by Crippen LogP contribution is -2.25. The first-order valence-electron chi connectivity index (χ1n) is 8.22. The Kier molecular flexibility index (Phi) is 5.36. The van der Waals surface area contributed by atoms with E-state index < -0.39 is 10.0 Å². The second kappa shape index (κ2) is 7.68. The van der Waals surface area contributed by atoms with Gasteiger partial charge in [-0.3, -0.25) is 0 Å². The van der Waals surface area contributed by atoms with Crippen LogP contribution in [0.3, 0.4) is 0 Å². The molecule has 25 heavy (non-hydrogen) atoms. The molecule has 0 saturated carbocycles. The lowest BCUT2D eigenvalue weighted by atomic mass is 10.1. The van der Waals surface area contributed by atoms with Gasteiger partial charge in [-0.05, 0) is 53.9 Å². The number of hydrogen-bond donors (Lipinski definition) is 1. The van der Waals surface area contributed by atoms with E-state index in [9.17, 15) is 8.42 Å². The third-order valence-electron chi connectivity index (χ3n) is 3.90. The van der Waals surface area contributed by atoms with E-state index in [1.807, 2.05) is 61.5 Å². The van der Waals surface area contributed by atoms with Gasteiger partial charge in [0, 0.05) is 6.54 Å². The molecule has 0 amide bonds. The molecule has 1 N–H and O–H groups in total. The molecule has 0 aromatic heterocycles. The Morgan fingerprint density at radius 2 is 1.72 bits per heavy atom. The predicted octanol–water partition coefficient (Wildman–Crippen LogP) is 3.90. The molecule has 0 unspecified atom stereocenters. The minimum Gasteiger partial charge on any atom is -0.494 e. The van der Waals surface area contributed by atoms with E-state index in [0.29, 0.717) is 19.6 Å². The van der Waals surface area contributed by atoms with Gasteiger partial charge >= 0.3 is 0 Å². The van der Waals surface area contributed by atoms with Crippen LogP contribution in [0.1, 0.15) is 12.0 Å². The van der Waals surface area contributed by atoms with E-state index in [1.54, 1.807) is 12.1 Å². The minimum absolute atomic E-state index is 0.283. The zero-order chi connectivity index (χ0) is 17.7. The van der Waals surface area contributed by atoms with Crippen LogP contribution in [0.2, 0.25) is 0 Å². The van der Waals surface area contributed by atoms with Crippen LogP contribution in [0, 0.1) is 6.92 Å². The molecule has 4 nitrogen and oxygen atoms in total. The SMILES string of the molecule is Cc1cccc(OCCCNS(=O)(=O)c2ccc3ccccc3c2)c1. The number of ether oxygens (including phenoxy) is 1. The van der Waals surface area contributed by atoms with Crippen molar-refractivity contribution < 1.29 is 13.2 Å². The van der Waals surface area contributed by atoms with Crippen LogP contribution in [0.15, 0.2) is 71.6 Å². The molecule has 0 fully saturated rings. The normalized spacial score (nSPS) is 11.6. The average Bonchev–Trinajstić information content (AvgIpc) is 2.61. The van der Waals surface area contributed by atoms with Gasteiger partial charge in [-0.15, -0.1) is 0 Å². The van der Waals surface area contributed by atoms with Gasteiger partial charge in [0.05, 0.1) is 11.5 Å². The highest BCUT2D eigenvalue weighted by atomic mass is 32.2. The van der Waals surface area contributed by atoms with Gasteiger partial charge in [0.25, 0.3) is 0 Å². The lowest BCUT2D eigenvalue weighted by Gasteiger charge is -2.09. The van der Waals surface area contributed by atoms with Gasteiger partial charge in [-0.2, -0.15) is 0 Å². The zero-order valence-corrected chi connectivity index (χ0v) is 14.9. The van der Waals surface area contributed by atoms with E-state index in [1.165, 1.54) is 0 Å². The molecule has 0 atom stereocenters. The summed E-state index contributed by atoms with van der Waals surface area (Å²) in [5.74, 6) is 0.803. The summed E-state index contributed by atoms with van der Waals surface area (Å²) in [6.07, 6.45) is 0.598. The summed E-state index contributed by atoms with van der Waals surface area (Å²) >= 11 is 0. The summed E-state index contributed by atoms with van der Waals surface area (Å²) in [7, 11) is -3.51. The molecule has 0 bridgehead atoms. The lowest BCUT2D eigenvalue weighted by molar-refractivity contribution is 0.311. The molecule has 5 heteroatoms. The summed E-state index contributed by atoms with van der Waals surface area (Å²) in [5.41, 5.74) is 1.13. The fraction of sp³-hybridized carbons (Fsp3) is 0.200. The van der Waals surface area contributed by atoms with Crippen molar-refractivity contribution in [2.75, 3.05) is 13.2 Å². The molecule has 0 saturated heterocycles. The molecule has 3 aromatic carbocycles. The summed E-state index contributed by atoms with van der Waals surface area (Å²) < 4.78 is 33.1. The van der Waals surface area contributed by atoms with E-state index in [2.05, 4.69) is 4.72 Å². The maximum atomic E-state index is 12.4. The molecule has 0 aliphatic rings. The van der Waals surface area contributed by atoms with Crippen molar-refractivity contribution in [3.63, 3.8) is 0 Å². The molecule has 3 aromatic rings. The van der Waals surface area contributed by atoms with Crippen LogP contribution in [0.4, 0.5) is 0 Å². The Bertz CT molecular complexity index is 967. The predicted molar refractivity (Wildman–Crippen MR) is 100 cm³/mol.